The summed E-state index contributed by atoms with van der Waals surface area (Å²) >= 11 is 2.28. The maximum Gasteiger partial charge on any atom is 0.416 e. The number of thioether (sulfide) groups is 1. The molecule has 1 atom stereocenters. The smallest absolute Gasteiger partial charge is 0.273 e. The predicted molar refractivity (Wildman–Crippen MR) is 74.0 cm³/mol. The van der Waals surface area contributed by atoms with E-state index in [-0.39, 0.29) is 17.2 Å². The van der Waals surface area contributed by atoms with Crippen molar-refractivity contribution in [2.24, 2.45) is 0 Å². The molecule has 1 aromatic carbocycles. The Kier molecular flexibility index (Phi) is 3.62. The van der Waals surface area contributed by atoms with Gasteiger partial charge in [0.05, 0.1) is 11.3 Å². The van der Waals surface area contributed by atoms with Crippen LogP contribution in [0.4, 0.5) is 18.3 Å². The van der Waals surface area contributed by atoms with Gasteiger partial charge in [0.15, 0.2) is 0 Å². The molecule has 1 amide bonds. The van der Waals surface area contributed by atoms with Crippen molar-refractivity contribution in [2.75, 3.05) is 10.7 Å². The predicted octanol–water partition coefficient (Wildman–Crippen LogP) is 3.34. The molecule has 110 valence electrons. The van der Waals surface area contributed by atoms with Crippen molar-refractivity contribution in [2.45, 2.75) is 11.6 Å². The van der Waals surface area contributed by atoms with E-state index >= 15 is 0 Å². The Morgan fingerprint density at radius 1 is 1.29 bits per heavy atom. The van der Waals surface area contributed by atoms with Gasteiger partial charge < -0.3 is 0 Å². The fourth-order valence-electron chi connectivity index (χ4n) is 2.10. The van der Waals surface area contributed by atoms with E-state index in [1.54, 1.807) is 0 Å². The Morgan fingerprint density at radius 2 is 2.05 bits per heavy atom. The molecule has 0 N–H and O–H groups in total. The summed E-state index contributed by atoms with van der Waals surface area (Å²) in [6, 6.07) is 5.29. The fraction of sp³-hybridized carbons (Fsp3) is 0.250. The van der Waals surface area contributed by atoms with Crippen LogP contribution in [0, 0.1) is 0 Å². The number of hydrogen-bond acceptors (Lipinski definition) is 5. The van der Waals surface area contributed by atoms with E-state index in [0.29, 0.717) is 5.13 Å². The average molecular weight is 331 g/mol. The molecule has 1 aliphatic heterocycles. The number of aromatic nitrogens is 2. The number of anilines is 1. The molecule has 1 aliphatic rings. The minimum absolute atomic E-state index is 0.0658. The van der Waals surface area contributed by atoms with Crippen LogP contribution in [-0.2, 0) is 11.0 Å². The van der Waals surface area contributed by atoms with Crippen LogP contribution < -0.4 is 4.90 Å². The third kappa shape index (κ3) is 2.62. The first-order valence-corrected chi connectivity index (χ1v) is 7.77. The summed E-state index contributed by atoms with van der Waals surface area (Å²) < 4.78 is 39.4. The summed E-state index contributed by atoms with van der Waals surface area (Å²) in [4.78, 5) is 13.3. The van der Waals surface area contributed by atoms with Crippen LogP contribution in [0.2, 0.25) is 0 Å². The van der Waals surface area contributed by atoms with Gasteiger partial charge in [0.1, 0.15) is 10.9 Å². The highest BCUT2D eigenvalue weighted by molar-refractivity contribution is 8.00. The molecule has 0 bridgehead atoms. The fourth-order valence-corrected chi connectivity index (χ4v) is 3.97. The summed E-state index contributed by atoms with van der Waals surface area (Å²) in [5.41, 5.74) is 0.779. The van der Waals surface area contributed by atoms with Gasteiger partial charge in [0, 0.05) is 0 Å². The maximum atomic E-state index is 13.1. The summed E-state index contributed by atoms with van der Waals surface area (Å²) in [6.45, 7) is 0. The number of benzene rings is 1. The van der Waals surface area contributed by atoms with Crippen LogP contribution in [0.1, 0.15) is 16.5 Å². The van der Waals surface area contributed by atoms with Gasteiger partial charge in [-0.05, 0) is 11.6 Å². The third-order valence-corrected chi connectivity index (χ3v) is 4.84. The van der Waals surface area contributed by atoms with Gasteiger partial charge in [-0.3, -0.25) is 9.69 Å². The van der Waals surface area contributed by atoms with Crippen LogP contribution >= 0.6 is 23.1 Å². The second kappa shape index (κ2) is 5.30. The van der Waals surface area contributed by atoms with E-state index < -0.39 is 17.1 Å². The van der Waals surface area contributed by atoms with Gasteiger partial charge in [-0.2, -0.15) is 13.2 Å². The number of amides is 1. The van der Waals surface area contributed by atoms with Gasteiger partial charge in [0.2, 0.25) is 11.0 Å². The Balaban J connectivity index is 2.06. The maximum absolute atomic E-state index is 13.1. The molecule has 4 nitrogen and oxygen atoms in total. The summed E-state index contributed by atoms with van der Waals surface area (Å²) in [5, 5.41) is 7.02. The Labute approximate surface area is 126 Å². The molecule has 1 saturated heterocycles. The van der Waals surface area contributed by atoms with Crippen LogP contribution in [0.25, 0.3) is 0 Å². The number of carbonyl (C=O) groups excluding carboxylic acids is 1. The van der Waals surface area contributed by atoms with Gasteiger partial charge in [-0.25, -0.2) is 0 Å². The molecule has 1 fully saturated rings. The molecular weight excluding hydrogens is 323 g/mol. The van der Waals surface area contributed by atoms with Crippen LogP contribution in [0.15, 0.2) is 29.8 Å². The summed E-state index contributed by atoms with van der Waals surface area (Å²) in [7, 11) is 0. The highest BCUT2D eigenvalue weighted by Gasteiger charge is 2.41. The lowest BCUT2D eigenvalue weighted by atomic mass is 10.1. The number of nitrogens with zero attached hydrogens (tertiary/aromatic N) is 3. The first kappa shape index (κ1) is 14.3. The Bertz CT molecular complexity index is 660. The lowest BCUT2D eigenvalue weighted by Crippen LogP contribution is -2.29. The quantitative estimate of drug-likeness (QED) is 0.847. The van der Waals surface area contributed by atoms with E-state index in [0.717, 1.165) is 29.2 Å². The largest absolute Gasteiger partial charge is 0.416 e. The number of alkyl halides is 3. The lowest BCUT2D eigenvalue weighted by molar-refractivity contribution is -0.138. The highest BCUT2D eigenvalue weighted by atomic mass is 32.2. The molecule has 3 rings (SSSR count). The van der Waals surface area contributed by atoms with Crippen LogP contribution in [-0.4, -0.2) is 21.9 Å². The first-order chi connectivity index (χ1) is 9.98. The Morgan fingerprint density at radius 3 is 2.71 bits per heavy atom. The van der Waals surface area contributed by atoms with E-state index in [1.807, 2.05) is 0 Å². The zero-order valence-electron chi connectivity index (χ0n) is 10.4. The molecule has 2 aromatic rings. The third-order valence-electron chi connectivity index (χ3n) is 2.95. The van der Waals surface area contributed by atoms with Crippen molar-refractivity contribution in [1.82, 2.24) is 10.2 Å². The number of hydrogen-bond donors (Lipinski definition) is 0. The topological polar surface area (TPSA) is 46.1 Å². The Hall–Kier alpha value is -1.61. The van der Waals surface area contributed by atoms with Crippen molar-refractivity contribution in [1.29, 1.82) is 0 Å². The zero-order chi connectivity index (χ0) is 15.0. The van der Waals surface area contributed by atoms with Crippen molar-refractivity contribution in [3.05, 3.63) is 40.9 Å². The molecular formula is C12H8F3N3OS2. The summed E-state index contributed by atoms with van der Waals surface area (Å²) in [6.07, 6.45) is -4.46. The van der Waals surface area contributed by atoms with Crippen LogP contribution in [0.5, 0.6) is 0 Å². The second-order valence-electron chi connectivity index (χ2n) is 4.23. The molecule has 21 heavy (non-hydrogen) atoms. The molecule has 1 aromatic heterocycles. The van der Waals surface area contributed by atoms with Crippen molar-refractivity contribution < 1.29 is 18.0 Å². The second-order valence-corrected chi connectivity index (χ2v) is 6.11. The van der Waals surface area contributed by atoms with E-state index in [1.165, 1.54) is 28.6 Å². The number of rotatable bonds is 2. The number of halogens is 3. The molecule has 0 aliphatic carbocycles. The van der Waals surface area contributed by atoms with Gasteiger partial charge in [-0.1, -0.05) is 29.5 Å². The van der Waals surface area contributed by atoms with Crippen molar-refractivity contribution >= 4 is 34.1 Å². The van der Waals surface area contributed by atoms with Crippen molar-refractivity contribution in [3.63, 3.8) is 0 Å². The molecule has 0 saturated carbocycles. The standard InChI is InChI=1S/C12H8F3N3OS2/c13-12(14,15)8-4-2-1-3-7(8)10-18(9(19)5-20-10)11-17-16-6-21-11/h1-4,6,10H,5H2/t10-/m1/s1. The average Bonchev–Trinajstić information content (AvgIpc) is 3.06. The van der Waals surface area contributed by atoms with Gasteiger partial charge in [-0.15, -0.1) is 22.0 Å². The van der Waals surface area contributed by atoms with Crippen LogP contribution in [0.3, 0.4) is 0 Å². The van der Waals surface area contributed by atoms with E-state index in [2.05, 4.69) is 10.2 Å². The van der Waals surface area contributed by atoms with E-state index in [9.17, 15) is 18.0 Å². The highest BCUT2D eigenvalue weighted by Crippen LogP contribution is 2.46. The monoisotopic (exact) mass is 331 g/mol. The molecule has 9 heteroatoms. The molecule has 0 spiro atoms. The van der Waals surface area contributed by atoms with Gasteiger partial charge >= 0.3 is 6.18 Å². The minimum atomic E-state index is -4.46. The minimum Gasteiger partial charge on any atom is -0.273 e. The van der Waals surface area contributed by atoms with Crippen molar-refractivity contribution in [3.8, 4) is 0 Å². The summed E-state index contributed by atoms with van der Waals surface area (Å²) in [5.74, 6) is -0.144. The zero-order valence-corrected chi connectivity index (χ0v) is 12.0. The normalized spacial score (nSPS) is 19.3. The molecule has 0 unspecified atom stereocenters. The number of carbonyl (C=O) groups is 1. The first-order valence-electron chi connectivity index (χ1n) is 5.84. The SMILES string of the molecule is O=C1CS[C@H](c2ccccc2C(F)(F)F)N1c1nncs1. The molecule has 0 radical (unpaired) electrons. The van der Waals surface area contributed by atoms with Gasteiger partial charge in [0.25, 0.3) is 0 Å². The lowest BCUT2D eigenvalue weighted by Gasteiger charge is -2.24. The molecule has 2 heterocycles. The van der Waals surface area contributed by atoms with E-state index in [4.69, 9.17) is 0 Å².